The van der Waals surface area contributed by atoms with Crippen LogP contribution in [-0.4, -0.2) is 28.0 Å². The molecule has 0 aromatic carbocycles. The molecule has 1 aromatic heterocycles. The van der Waals surface area contributed by atoms with Crippen LogP contribution in [0.1, 0.15) is 69.4 Å². The Morgan fingerprint density at radius 3 is 2.71 bits per heavy atom. The van der Waals surface area contributed by atoms with E-state index in [0.29, 0.717) is 12.3 Å². The van der Waals surface area contributed by atoms with Gasteiger partial charge in [-0.3, -0.25) is 0 Å². The van der Waals surface area contributed by atoms with Crippen LogP contribution in [0.4, 0.5) is 0 Å². The molecule has 0 aliphatic carbocycles. The number of hydrogen-bond donors (Lipinski definition) is 2. The molecule has 0 radical (unpaired) electrons. The van der Waals surface area contributed by atoms with E-state index in [4.69, 9.17) is 9.15 Å². The molecule has 0 spiro atoms. The molecule has 5 atom stereocenters. The SMILES string of the molecule is C/C1=C\CC[C@@H](C)[C@@H]2CC[C@@](C)(O2)[C@H](O)[C@@H](O)c2c(C)coc2C1. The lowest BCUT2D eigenvalue weighted by atomic mass is 9.86. The zero-order valence-corrected chi connectivity index (χ0v) is 15.2. The minimum absolute atomic E-state index is 0.149. The number of furan rings is 1. The standard InChI is InChI=1S/C20H30O4/c1-12-6-5-7-13(2)15-8-9-20(4,24-15)19(22)18(21)17-14(3)11-23-16(17)10-12/h6,11,13,15,18-19,21-22H,5,7-10H2,1-4H3/b12-6+/t13-,15+,18+,19-,20-/m1/s1. The number of aliphatic hydroxyl groups excluding tert-OH is 2. The molecule has 0 saturated carbocycles. The zero-order chi connectivity index (χ0) is 17.5. The first-order valence-electron chi connectivity index (χ1n) is 9.08. The number of allylic oxidation sites excluding steroid dienone is 2. The van der Waals surface area contributed by atoms with Crippen LogP contribution in [0.25, 0.3) is 0 Å². The summed E-state index contributed by atoms with van der Waals surface area (Å²) in [5.74, 6) is 1.19. The molecule has 2 N–H and O–H groups in total. The normalized spacial score (nSPS) is 40.0. The topological polar surface area (TPSA) is 62.8 Å². The monoisotopic (exact) mass is 334 g/mol. The molecule has 134 valence electrons. The van der Waals surface area contributed by atoms with Crippen LogP contribution in [0.15, 0.2) is 22.3 Å². The van der Waals surface area contributed by atoms with E-state index in [1.54, 1.807) is 6.26 Å². The van der Waals surface area contributed by atoms with Gasteiger partial charge in [-0.05, 0) is 57.9 Å². The Bertz CT molecular complexity index is 617. The number of rotatable bonds is 0. The van der Waals surface area contributed by atoms with Crippen molar-refractivity contribution >= 4 is 0 Å². The Kier molecular flexibility index (Phi) is 4.92. The summed E-state index contributed by atoms with van der Waals surface area (Å²) in [5, 5.41) is 21.8. The van der Waals surface area contributed by atoms with Crippen LogP contribution in [0.5, 0.6) is 0 Å². The summed E-state index contributed by atoms with van der Waals surface area (Å²) < 4.78 is 11.9. The smallest absolute Gasteiger partial charge is 0.113 e. The summed E-state index contributed by atoms with van der Waals surface area (Å²) in [6, 6.07) is 0. The van der Waals surface area contributed by atoms with Gasteiger partial charge in [0.1, 0.15) is 18.0 Å². The van der Waals surface area contributed by atoms with Crippen molar-refractivity contribution in [1.82, 2.24) is 0 Å². The van der Waals surface area contributed by atoms with Crippen molar-refractivity contribution in [3.05, 3.63) is 34.8 Å². The van der Waals surface area contributed by atoms with Gasteiger partial charge in [0.2, 0.25) is 0 Å². The Balaban J connectivity index is 1.99. The van der Waals surface area contributed by atoms with Gasteiger partial charge in [0, 0.05) is 12.0 Å². The van der Waals surface area contributed by atoms with E-state index < -0.39 is 17.8 Å². The van der Waals surface area contributed by atoms with Gasteiger partial charge in [-0.25, -0.2) is 0 Å². The third-order valence-electron chi connectivity index (χ3n) is 5.86. The second-order valence-corrected chi connectivity index (χ2v) is 7.93. The largest absolute Gasteiger partial charge is 0.468 e. The second kappa shape index (κ2) is 6.66. The molecular weight excluding hydrogens is 304 g/mol. The summed E-state index contributed by atoms with van der Waals surface area (Å²) in [4.78, 5) is 0. The van der Waals surface area contributed by atoms with Crippen molar-refractivity contribution in [1.29, 1.82) is 0 Å². The lowest BCUT2D eigenvalue weighted by molar-refractivity contribution is -0.151. The van der Waals surface area contributed by atoms with Gasteiger partial charge in [0.25, 0.3) is 0 Å². The fourth-order valence-corrected chi connectivity index (χ4v) is 4.15. The van der Waals surface area contributed by atoms with Gasteiger partial charge in [0.05, 0.1) is 18.0 Å². The first-order valence-corrected chi connectivity index (χ1v) is 9.08. The summed E-state index contributed by atoms with van der Waals surface area (Å²) in [5.41, 5.74) is 2.12. The van der Waals surface area contributed by atoms with Crippen molar-refractivity contribution in [3.8, 4) is 0 Å². The van der Waals surface area contributed by atoms with Gasteiger partial charge in [-0.1, -0.05) is 18.6 Å². The van der Waals surface area contributed by atoms with E-state index in [1.807, 2.05) is 13.8 Å². The molecule has 3 heterocycles. The van der Waals surface area contributed by atoms with Crippen LogP contribution in [0.2, 0.25) is 0 Å². The van der Waals surface area contributed by atoms with Crippen LogP contribution < -0.4 is 0 Å². The van der Waals surface area contributed by atoms with Crippen LogP contribution >= 0.6 is 0 Å². The van der Waals surface area contributed by atoms with E-state index in [-0.39, 0.29) is 6.10 Å². The molecule has 4 nitrogen and oxygen atoms in total. The van der Waals surface area contributed by atoms with Crippen LogP contribution in [0, 0.1) is 12.8 Å². The third-order valence-corrected chi connectivity index (χ3v) is 5.86. The number of aliphatic hydroxyl groups is 2. The highest BCUT2D eigenvalue weighted by atomic mass is 16.5. The lowest BCUT2D eigenvalue weighted by Gasteiger charge is -2.34. The van der Waals surface area contributed by atoms with Crippen molar-refractivity contribution in [2.24, 2.45) is 5.92 Å². The van der Waals surface area contributed by atoms with E-state index >= 15 is 0 Å². The number of fused-ring (bicyclic) bond motifs is 3. The quantitative estimate of drug-likeness (QED) is 0.708. The molecule has 2 aliphatic heterocycles. The molecule has 2 aliphatic rings. The predicted octanol–water partition coefficient (Wildman–Crippen LogP) is 3.84. The highest BCUT2D eigenvalue weighted by Crippen LogP contribution is 2.42. The molecule has 24 heavy (non-hydrogen) atoms. The molecular formula is C20H30O4. The van der Waals surface area contributed by atoms with Crippen molar-refractivity contribution < 1.29 is 19.4 Å². The Morgan fingerprint density at radius 2 is 1.96 bits per heavy atom. The third kappa shape index (κ3) is 3.19. The van der Waals surface area contributed by atoms with Crippen LogP contribution in [0.3, 0.4) is 0 Å². The molecule has 1 fully saturated rings. The Hall–Kier alpha value is -1.10. The zero-order valence-electron chi connectivity index (χ0n) is 15.2. The first-order chi connectivity index (χ1) is 11.3. The average Bonchev–Trinajstić information content (AvgIpc) is 3.10. The van der Waals surface area contributed by atoms with E-state index in [1.165, 1.54) is 5.57 Å². The van der Waals surface area contributed by atoms with Crippen molar-refractivity contribution in [3.63, 3.8) is 0 Å². The molecule has 3 rings (SSSR count). The average molecular weight is 334 g/mol. The number of hydrogen-bond acceptors (Lipinski definition) is 4. The summed E-state index contributed by atoms with van der Waals surface area (Å²) in [6.07, 6.45) is 6.57. The molecule has 0 unspecified atom stereocenters. The molecule has 1 saturated heterocycles. The van der Waals surface area contributed by atoms with E-state index in [9.17, 15) is 10.2 Å². The molecule has 1 aromatic rings. The maximum Gasteiger partial charge on any atom is 0.113 e. The fourth-order valence-electron chi connectivity index (χ4n) is 4.15. The van der Waals surface area contributed by atoms with Crippen LogP contribution in [-0.2, 0) is 11.2 Å². The van der Waals surface area contributed by atoms with Gasteiger partial charge >= 0.3 is 0 Å². The molecule has 4 heteroatoms. The fraction of sp³-hybridized carbons (Fsp3) is 0.700. The highest BCUT2D eigenvalue weighted by molar-refractivity contribution is 5.33. The maximum absolute atomic E-state index is 10.9. The van der Waals surface area contributed by atoms with Crippen molar-refractivity contribution in [2.75, 3.05) is 0 Å². The number of aryl methyl sites for hydroxylation is 1. The molecule has 2 bridgehead atoms. The lowest BCUT2D eigenvalue weighted by Crippen LogP contribution is -2.44. The first kappa shape index (κ1) is 17.7. The Labute approximate surface area is 144 Å². The predicted molar refractivity (Wildman–Crippen MR) is 92.8 cm³/mol. The molecule has 0 amide bonds. The van der Waals surface area contributed by atoms with E-state index in [0.717, 1.165) is 42.6 Å². The summed E-state index contributed by atoms with van der Waals surface area (Å²) >= 11 is 0. The minimum atomic E-state index is -0.994. The maximum atomic E-state index is 10.9. The van der Waals surface area contributed by atoms with Gasteiger partial charge in [0.15, 0.2) is 0 Å². The number of ether oxygens (including phenoxy) is 1. The Morgan fingerprint density at radius 1 is 1.21 bits per heavy atom. The summed E-state index contributed by atoms with van der Waals surface area (Å²) in [6.45, 7) is 8.15. The highest BCUT2D eigenvalue weighted by Gasteiger charge is 2.47. The van der Waals surface area contributed by atoms with Gasteiger partial charge in [-0.2, -0.15) is 0 Å². The minimum Gasteiger partial charge on any atom is -0.468 e. The van der Waals surface area contributed by atoms with Crippen molar-refractivity contribution in [2.45, 2.75) is 83.7 Å². The van der Waals surface area contributed by atoms with Gasteiger partial charge < -0.3 is 19.4 Å². The van der Waals surface area contributed by atoms with E-state index in [2.05, 4.69) is 19.9 Å². The second-order valence-electron chi connectivity index (χ2n) is 7.93. The van der Waals surface area contributed by atoms with Gasteiger partial charge in [-0.15, -0.1) is 0 Å². The summed E-state index contributed by atoms with van der Waals surface area (Å²) in [7, 11) is 0.